The predicted octanol–water partition coefficient (Wildman–Crippen LogP) is 2.23. The minimum absolute atomic E-state index is 0.736. The second kappa shape index (κ2) is 5.09. The number of ether oxygens (including phenoxy) is 1. The topological polar surface area (TPSA) is 65.7 Å². The van der Waals surface area contributed by atoms with Gasteiger partial charge in [-0.15, -0.1) is 5.10 Å². The van der Waals surface area contributed by atoms with E-state index in [1.165, 1.54) is 11.8 Å². The van der Waals surface area contributed by atoms with Crippen LogP contribution in [0.5, 0.6) is 5.75 Å². The Balaban J connectivity index is 2.15. The highest BCUT2D eigenvalue weighted by molar-refractivity contribution is 7.99. The molecule has 2 aromatic heterocycles. The average molecular weight is 287 g/mol. The zero-order valence-corrected chi connectivity index (χ0v) is 12.2. The predicted molar refractivity (Wildman–Crippen MR) is 76.0 cm³/mol. The molecule has 0 aliphatic heterocycles. The van der Waals surface area contributed by atoms with Crippen molar-refractivity contribution in [2.24, 2.45) is 7.05 Å². The molecule has 0 radical (unpaired) electrons. The first kappa shape index (κ1) is 12.9. The highest BCUT2D eigenvalue weighted by Gasteiger charge is 2.11. The first-order valence-corrected chi connectivity index (χ1v) is 6.84. The maximum atomic E-state index is 5.28. The van der Waals surface area contributed by atoms with Crippen molar-refractivity contribution < 1.29 is 4.74 Å². The van der Waals surface area contributed by atoms with Crippen molar-refractivity contribution in [2.75, 3.05) is 7.11 Å². The van der Waals surface area contributed by atoms with Gasteiger partial charge in [0.05, 0.1) is 12.6 Å². The van der Waals surface area contributed by atoms with Crippen molar-refractivity contribution in [3.63, 3.8) is 0 Å². The summed E-state index contributed by atoms with van der Waals surface area (Å²) in [6.45, 7) is 1.97. The Kier molecular flexibility index (Phi) is 3.27. The van der Waals surface area contributed by atoms with Crippen molar-refractivity contribution >= 4 is 22.7 Å². The lowest BCUT2D eigenvalue weighted by Crippen LogP contribution is -1.94. The van der Waals surface area contributed by atoms with Crippen LogP contribution < -0.4 is 4.74 Å². The average Bonchev–Trinajstić information content (AvgIpc) is 2.84. The van der Waals surface area contributed by atoms with Gasteiger partial charge in [0.2, 0.25) is 5.16 Å². The van der Waals surface area contributed by atoms with Gasteiger partial charge in [0.15, 0.2) is 0 Å². The number of aromatic nitrogens is 5. The number of rotatable bonds is 3. The van der Waals surface area contributed by atoms with Crippen LogP contribution in [0.4, 0.5) is 0 Å². The van der Waals surface area contributed by atoms with E-state index in [9.17, 15) is 0 Å². The number of fused-ring (bicyclic) bond motifs is 1. The third kappa shape index (κ3) is 2.32. The van der Waals surface area contributed by atoms with E-state index in [1.54, 1.807) is 11.8 Å². The van der Waals surface area contributed by atoms with Gasteiger partial charge in [-0.05, 0) is 53.4 Å². The molecule has 6 nitrogen and oxygen atoms in total. The second-order valence-electron chi connectivity index (χ2n) is 4.33. The molecule has 0 atom stereocenters. The Hall–Kier alpha value is -2.15. The van der Waals surface area contributed by atoms with Gasteiger partial charge >= 0.3 is 0 Å². The number of benzene rings is 1. The molecule has 0 bridgehead atoms. The van der Waals surface area contributed by atoms with E-state index in [0.29, 0.717) is 0 Å². The minimum atomic E-state index is 0.736. The second-order valence-corrected chi connectivity index (χ2v) is 5.34. The van der Waals surface area contributed by atoms with Crippen LogP contribution in [0.2, 0.25) is 0 Å². The number of aryl methyl sites for hydroxylation is 2. The fraction of sp³-hybridized carbons (Fsp3) is 0.231. The molecule has 0 saturated carbocycles. The standard InChI is InChI=1S/C13H13N5OS/c1-8-6-12(20-13-15-16-17-18(13)2)10-7-9(19-3)4-5-11(10)14-8/h4-7H,1-3H3. The molecule has 2 heterocycles. The molecule has 7 heteroatoms. The third-order valence-corrected chi connectivity index (χ3v) is 3.97. The summed E-state index contributed by atoms with van der Waals surface area (Å²) in [5.74, 6) is 0.807. The summed E-state index contributed by atoms with van der Waals surface area (Å²) in [5, 5.41) is 13.3. The van der Waals surface area contributed by atoms with Crippen molar-refractivity contribution in [2.45, 2.75) is 17.0 Å². The number of pyridine rings is 1. The van der Waals surface area contributed by atoms with E-state index >= 15 is 0 Å². The van der Waals surface area contributed by atoms with E-state index in [-0.39, 0.29) is 0 Å². The first-order valence-electron chi connectivity index (χ1n) is 6.03. The smallest absolute Gasteiger partial charge is 0.213 e. The van der Waals surface area contributed by atoms with E-state index in [1.807, 2.05) is 38.2 Å². The molecule has 3 aromatic rings. The first-order chi connectivity index (χ1) is 9.67. The summed E-state index contributed by atoms with van der Waals surface area (Å²) in [4.78, 5) is 5.60. The number of hydrogen-bond acceptors (Lipinski definition) is 6. The van der Waals surface area contributed by atoms with E-state index < -0.39 is 0 Å². The van der Waals surface area contributed by atoms with E-state index in [2.05, 4.69) is 20.5 Å². The number of methoxy groups -OCH3 is 1. The Morgan fingerprint density at radius 1 is 1.25 bits per heavy atom. The Bertz CT molecular complexity index is 771. The summed E-state index contributed by atoms with van der Waals surface area (Å²) in [5.41, 5.74) is 1.89. The summed E-state index contributed by atoms with van der Waals surface area (Å²) in [7, 11) is 3.47. The fourth-order valence-corrected chi connectivity index (χ4v) is 2.86. The molecular formula is C13H13N5OS. The van der Waals surface area contributed by atoms with Gasteiger partial charge in [0.1, 0.15) is 5.75 Å². The maximum Gasteiger partial charge on any atom is 0.213 e. The molecule has 3 rings (SSSR count). The van der Waals surface area contributed by atoms with Gasteiger partial charge in [-0.2, -0.15) is 0 Å². The lowest BCUT2D eigenvalue weighted by molar-refractivity contribution is 0.415. The lowest BCUT2D eigenvalue weighted by Gasteiger charge is -2.08. The number of hydrogen-bond donors (Lipinski definition) is 0. The largest absolute Gasteiger partial charge is 0.497 e. The minimum Gasteiger partial charge on any atom is -0.497 e. The Morgan fingerprint density at radius 3 is 2.80 bits per heavy atom. The van der Waals surface area contributed by atoms with Crippen LogP contribution in [0.15, 0.2) is 34.3 Å². The Labute approximate surface area is 120 Å². The molecule has 0 aliphatic rings. The van der Waals surface area contributed by atoms with Crippen LogP contribution >= 0.6 is 11.8 Å². The van der Waals surface area contributed by atoms with Crippen LogP contribution in [-0.4, -0.2) is 32.3 Å². The maximum absolute atomic E-state index is 5.28. The van der Waals surface area contributed by atoms with E-state index in [4.69, 9.17) is 4.74 Å². The van der Waals surface area contributed by atoms with Gasteiger partial charge in [-0.25, -0.2) is 4.68 Å². The summed E-state index contributed by atoms with van der Waals surface area (Å²) in [6, 6.07) is 7.88. The molecule has 0 spiro atoms. The SMILES string of the molecule is COc1ccc2nc(C)cc(Sc3nnnn3C)c2c1. The fourth-order valence-electron chi connectivity index (χ4n) is 1.92. The molecule has 0 amide bonds. The van der Waals surface area contributed by atoms with Crippen molar-refractivity contribution in [3.8, 4) is 5.75 Å². The van der Waals surface area contributed by atoms with Gasteiger partial charge in [-0.1, -0.05) is 0 Å². The van der Waals surface area contributed by atoms with Crippen LogP contribution in [0, 0.1) is 6.92 Å². The third-order valence-electron chi connectivity index (χ3n) is 2.89. The lowest BCUT2D eigenvalue weighted by atomic mass is 10.2. The van der Waals surface area contributed by atoms with Gasteiger partial charge in [0.25, 0.3) is 0 Å². The molecule has 1 aromatic carbocycles. The van der Waals surface area contributed by atoms with Crippen LogP contribution in [-0.2, 0) is 7.05 Å². The Morgan fingerprint density at radius 2 is 2.10 bits per heavy atom. The zero-order valence-electron chi connectivity index (χ0n) is 11.4. The zero-order chi connectivity index (χ0) is 14.1. The summed E-state index contributed by atoms with van der Waals surface area (Å²) in [6.07, 6.45) is 0. The van der Waals surface area contributed by atoms with Crippen LogP contribution in [0.1, 0.15) is 5.69 Å². The van der Waals surface area contributed by atoms with Crippen molar-refractivity contribution in [1.82, 2.24) is 25.2 Å². The quantitative estimate of drug-likeness (QED) is 0.736. The van der Waals surface area contributed by atoms with Gasteiger partial charge < -0.3 is 4.74 Å². The normalized spacial score (nSPS) is 10.9. The number of nitrogens with zero attached hydrogens (tertiary/aromatic N) is 5. The highest BCUT2D eigenvalue weighted by atomic mass is 32.2. The summed E-state index contributed by atoms with van der Waals surface area (Å²) < 4.78 is 6.93. The molecule has 0 fully saturated rings. The van der Waals surface area contributed by atoms with E-state index in [0.717, 1.165) is 32.4 Å². The molecule has 0 N–H and O–H groups in total. The van der Waals surface area contributed by atoms with Crippen LogP contribution in [0.3, 0.4) is 0 Å². The van der Waals surface area contributed by atoms with Gasteiger partial charge in [-0.3, -0.25) is 4.98 Å². The molecular weight excluding hydrogens is 274 g/mol. The molecule has 20 heavy (non-hydrogen) atoms. The van der Waals surface area contributed by atoms with Crippen LogP contribution in [0.25, 0.3) is 10.9 Å². The van der Waals surface area contributed by atoms with Crippen molar-refractivity contribution in [1.29, 1.82) is 0 Å². The van der Waals surface area contributed by atoms with Crippen molar-refractivity contribution in [3.05, 3.63) is 30.0 Å². The number of tetrazole rings is 1. The van der Waals surface area contributed by atoms with Gasteiger partial charge in [0, 0.05) is 23.0 Å². The molecule has 0 aliphatic carbocycles. The monoisotopic (exact) mass is 287 g/mol. The molecule has 0 unspecified atom stereocenters. The molecule has 0 saturated heterocycles. The summed E-state index contributed by atoms with van der Waals surface area (Å²) >= 11 is 1.52. The molecule has 102 valence electrons. The highest BCUT2D eigenvalue weighted by Crippen LogP contribution is 2.33.